The highest BCUT2D eigenvalue weighted by atomic mass is 16.6. The van der Waals surface area contributed by atoms with Gasteiger partial charge in [-0.25, -0.2) is 0 Å². The van der Waals surface area contributed by atoms with Gasteiger partial charge in [-0.2, -0.15) is 0 Å². The van der Waals surface area contributed by atoms with Crippen molar-refractivity contribution in [3.63, 3.8) is 0 Å². The van der Waals surface area contributed by atoms with E-state index in [1.807, 2.05) is 19.9 Å². The summed E-state index contributed by atoms with van der Waals surface area (Å²) in [6, 6.07) is 4.24. The van der Waals surface area contributed by atoms with Gasteiger partial charge in [0.1, 0.15) is 0 Å². The lowest BCUT2D eigenvalue weighted by Crippen LogP contribution is -2.48. The normalized spacial score (nSPS) is 29.0. The average Bonchev–Trinajstić information content (AvgIpc) is 2.44. The van der Waals surface area contributed by atoms with Crippen molar-refractivity contribution in [3.05, 3.63) is 38.9 Å². The zero-order valence-corrected chi connectivity index (χ0v) is 15.1. The third-order valence-electron chi connectivity index (χ3n) is 6.65. The summed E-state index contributed by atoms with van der Waals surface area (Å²) >= 11 is 0. The zero-order chi connectivity index (χ0) is 17.0. The maximum Gasteiger partial charge on any atom is 0.276 e. The molecule has 1 fully saturated rings. The van der Waals surface area contributed by atoms with Crippen molar-refractivity contribution in [2.45, 2.75) is 78.1 Å². The van der Waals surface area contributed by atoms with Crippen LogP contribution in [0, 0.1) is 21.4 Å². The number of hydrogen-bond acceptors (Lipinski definition) is 2. The minimum atomic E-state index is -0.133. The van der Waals surface area contributed by atoms with Crippen molar-refractivity contribution in [1.82, 2.24) is 0 Å². The first kappa shape index (κ1) is 16.5. The van der Waals surface area contributed by atoms with E-state index in [-0.39, 0.29) is 16.3 Å². The Morgan fingerprint density at radius 3 is 2.52 bits per heavy atom. The fourth-order valence-corrected chi connectivity index (χ4v) is 5.57. The molecule has 2 aliphatic carbocycles. The molecule has 2 aliphatic rings. The quantitative estimate of drug-likeness (QED) is 0.515. The summed E-state index contributed by atoms with van der Waals surface area (Å²) in [6.07, 6.45) is 5.59. The van der Waals surface area contributed by atoms with Crippen LogP contribution in [0.15, 0.2) is 12.1 Å². The van der Waals surface area contributed by atoms with E-state index in [4.69, 9.17) is 0 Å². The van der Waals surface area contributed by atoms with Crippen LogP contribution < -0.4 is 0 Å². The number of fused-ring (bicyclic) bond motifs is 3. The molecule has 0 spiro atoms. The molecular weight excluding hydrogens is 286 g/mol. The van der Waals surface area contributed by atoms with Crippen LogP contribution >= 0.6 is 0 Å². The highest BCUT2D eigenvalue weighted by Crippen LogP contribution is 2.58. The molecule has 0 unspecified atom stereocenters. The first-order chi connectivity index (χ1) is 10.7. The van der Waals surface area contributed by atoms with E-state index in [0.717, 1.165) is 30.4 Å². The zero-order valence-electron chi connectivity index (χ0n) is 15.1. The van der Waals surface area contributed by atoms with Gasteiger partial charge in [0.05, 0.1) is 4.92 Å². The maximum atomic E-state index is 11.8. The lowest BCUT2D eigenvalue weighted by Gasteiger charge is -2.54. The second-order valence-corrected chi connectivity index (χ2v) is 8.79. The Hall–Kier alpha value is -1.38. The molecule has 0 amide bonds. The predicted octanol–water partition coefficient (Wildman–Crippen LogP) is 5.75. The van der Waals surface area contributed by atoms with Crippen molar-refractivity contribution in [3.8, 4) is 0 Å². The average molecular weight is 315 g/mol. The highest BCUT2D eigenvalue weighted by molar-refractivity contribution is 5.57. The molecule has 0 aromatic heterocycles. The van der Waals surface area contributed by atoms with Gasteiger partial charge in [-0.05, 0) is 53.9 Å². The van der Waals surface area contributed by atoms with Gasteiger partial charge >= 0.3 is 0 Å². The lowest BCUT2D eigenvalue weighted by molar-refractivity contribution is -0.386. The van der Waals surface area contributed by atoms with E-state index in [2.05, 4.69) is 26.8 Å². The molecule has 0 heterocycles. The van der Waals surface area contributed by atoms with Crippen LogP contribution in [0.5, 0.6) is 0 Å². The molecule has 0 radical (unpaired) electrons. The van der Waals surface area contributed by atoms with Crippen molar-refractivity contribution in [1.29, 1.82) is 0 Å². The molecule has 23 heavy (non-hydrogen) atoms. The van der Waals surface area contributed by atoms with Crippen LogP contribution in [-0.4, -0.2) is 4.92 Å². The Kier molecular flexibility index (Phi) is 3.81. The van der Waals surface area contributed by atoms with Crippen LogP contribution in [0.3, 0.4) is 0 Å². The molecule has 3 heteroatoms. The molecule has 2 atom stereocenters. The van der Waals surface area contributed by atoms with Crippen molar-refractivity contribution in [2.24, 2.45) is 11.3 Å². The molecule has 1 aromatic rings. The van der Waals surface area contributed by atoms with Crippen molar-refractivity contribution >= 4 is 5.69 Å². The molecule has 3 rings (SSSR count). The van der Waals surface area contributed by atoms with Crippen molar-refractivity contribution < 1.29 is 4.92 Å². The molecule has 0 bridgehead atoms. The first-order valence-electron chi connectivity index (χ1n) is 8.99. The summed E-state index contributed by atoms with van der Waals surface area (Å²) in [6.45, 7) is 11.2. The minimum absolute atomic E-state index is 0.0929. The third kappa shape index (κ3) is 2.40. The molecule has 1 aromatic carbocycles. The van der Waals surface area contributed by atoms with Gasteiger partial charge in [-0.1, -0.05) is 53.2 Å². The van der Waals surface area contributed by atoms with Gasteiger partial charge in [0, 0.05) is 11.1 Å². The van der Waals surface area contributed by atoms with Gasteiger partial charge in [-0.3, -0.25) is 10.1 Å². The fraction of sp³-hybridized carbons (Fsp3) is 0.700. The van der Waals surface area contributed by atoms with Gasteiger partial charge < -0.3 is 0 Å². The van der Waals surface area contributed by atoms with Crippen LogP contribution in [0.4, 0.5) is 5.69 Å². The van der Waals surface area contributed by atoms with Crippen LogP contribution in [0.25, 0.3) is 0 Å². The Labute approximate surface area is 139 Å². The van der Waals surface area contributed by atoms with E-state index >= 15 is 0 Å². The first-order valence-corrected chi connectivity index (χ1v) is 8.99. The van der Waals surface area contributed by atoms with Crippen LogP contribution in [0.1, 0.15) is 82.9 Å². The molecule has 3 nitrogen and oxygen atoms in total. The topological polar surface area (TPSA) is 43.1 Å². The lowest BCUT2D eigenvalue weighted by atomic mass is 9.50. The number of benzene rings is 1. The molecular formula is C20H29NO2. The predicted molar refractivity (Wildman–Crippen MR) is 94.0 cm³/mol. The Morgan fingerprint density at radius 2 is 1.91 bits per heavy atom. The number of nitro benzene ring substituents is 1. The van der Waals surface area contributed by atoms with E-state index in [0.29, 0.717) is 17.0 Å². The summed E-state index contributed by atoms with van der Waals surface area (Å²) in [5.74, 6) is 0.815. The molecule has 0 N–H and O–H groups in total. The maximum absolute atomic E-state index is 11.8. The van der Waals surface area contributed by atoms with Gasteiger partial charge in [0.25, 0.3) is 5.69 Å². The van der Waals surface area contributed by atoms with Gasteiger partial charge in [-0.15, -0.1) is 0 Å². The minimum Gasteiger partial charge on any atom is -0.258 e. The number of nitrogens with zero attached hydrogens (tertiary/aromatic N) is 1. The summed E-state index contributed by atoms with van der Waals surface area (Å²) in [4.78, 5) is 11.7. The summed E-state index contributed by atoms with van der Waals surface area (Å²) in [7, 11) is 0. The molecule has 0 aliphatic heterocycles. The summed E-state index contributed by atoms with van der Waals surface area (Å²) in [5.41, 5.74) is 4.01. The Balaban J connectivity index is 2.21. The van der Waals surface area contributed by atoms with Gasteiger partial charge in [0.15, 0.2) is 0 Å². The number of rotatable bonds is 2. The molecule has 126 valence electrons. The highest BCUT2D eigenvalue weighted by Gasteiger charge is 2.51. The molecule has 0 saturated heterocycles. The second kappa shape index (κ2) is 5.32. The standard InChI is InChI=1S/C20H29NO2/c1-13(2)14-7-9-16-15(18(14)21(22)23)8-10-17-19(3,4)11-6-12-20(16,17)5/h7,9,13,17H,6,8,10-12H2,1-5H3/t17-,20+/m0/s1. The van der Waals surface area contributed by atoms with Gasteiger partial charge in [0.2, 0.25) is 0 Å². The largest absolute Gasteiger partial charge is 0.276 e. The van der Waals surface area contributed by atoms with E-state index < -0.39 is 0 Å². The van der Waals surface area contributed by atoms with Crippen LogP contribution in [-0.2, 0) is 11.8 Å². The van der Waals surface area contributed by atoms with Crippen molar-refractivity contribution in [2.75, 3.05) is 0 Å². The van der Waals surface area contributed by atoms with E-state index in [9.17, 15) is 10.1 Å². The Morgan fingerprint density at radius 1 is 1.22 bits per heavy atom. The summed E-state index contributed by atoms with van der Waals surface area (Å²) < 4.78 is 0. The van der Waals surface area contributed by atoms with Crippen LogP contribution in [0.2, 0.25) is 0 Å². The second-order valence-electron chi connectivity index (χ2n) is 8.79. The number of nitro groups is 1. The van der Waals surface area contributed by atoms with E-state index in [1.165, 1.54) is 18.4 Å². The smallest absolute Gasteiger partial charge is 0.258 e. The van der Waals surface area contributed by atoms with E-state index in [1.54, 1.807) is 0 Å². The monoisotopic (exact) mass is 315 g/mol. The third-order valence-corrected chi connectivity index (χ3v) is 6.65. The SMILES string of the molecule is CC(C)c1ccc2c(c1[N+](=O)[O-])CC[C@H]1C(C)(C)CCC[C@]21C. The fourth-order valence-electron chi connectivity index (χ4n) is 5.57. The Bertz CT molecular complexity index is 647. The summed E-state index contributed by atoms with van der Waals surface area (Å²) in [5, 5.41) is 11.8. The number of hydrogen-bond donors (Lipinski definition) is 0. The molecule has 1 saturated carbocycles.